The van der Waals surface area contributed by atoms with Gasteiger partial charge in [-0.1, -0.05) is 78.6 Å². The molecule has 2 heterocycles. The van der Waals surface area contributed by atoms with Crippen LogP contribution in [0.25, 0.3) is 0 Å². The fourth-order valence-electron chi connectivity index (χ4n) is 4.24. The second-order valence-electron chi connectivity index (χ2n) is 9.21. The lowest BCUT2D eigenvalue weighted by atomic mass is 10.0. The van der Waals surface area contributed by atoms with Crippen LogP contribution in [0.5, 0.6) is 0 Å². The maximum Gasteiger partial charge on any atom is 0.305 e. The maximum atomic E-state index is 11.9. The summed E-state index contributed by atoms with van der Waals surface area (Å²) in [6.07, 6.45) is 19.1. The predicted octanol–water partition coefficient (Wildman–Crippen LogP) is 6.59. The Morgan fingerprint density at radius 1 is 0.793 bits per heavy atom. The summed E-state index contributed by atoms with van der Waals surface area (Å²) in [5, 5.41) is 0. The molecule has 0 aliphatic carbocycles. The first-order chi connectivity index (χ1) is 14.2. The van der Waals surface area contributed by atoms with Crippen molar-refractivity contribution in [3.05, 3.63) is 0 Å². The summed E-state index contributed by atoms with van der Waals surface area (Å²) in [5.74, 6) is 0.537. The zero-order valence-corrected chi connectivity index (χ0v) is 19.3. The van der Waals surface area contributed by atoms with Gasteiger partial charge in [-0.25, -0.2) is 0 Å². The summed E-state index contributed by atoms with van der Waals surface area (Å²) >= 11 is 0. The average Bonchev–Trinajstić information content (AvgIpc) is 3.64. The van der Waals surface area contributed by atoms with Crippen LogP contribution in [0.2, 0.25) is 0 Å². The number of ether oxygens (including phenoxy) is 3. The van der Waals surface area contributed by atoms with Crippen molar-refractivity contribution in [2.45, 2.75) is 141 Å². The molecule has 5 atom stereocenters. The first kappa shape index (κ1) is 24.7. The van der Waals surface area contributed by atoms with Crippen LogP contribution in [0.15, 0.2) is 0 Å². The smallest absolute Gasteiger partial charge is 0.305 e. The first-order valence-electron chi connectivity index (χ1n) is 12.6. The Morgan fingerprint density at radius 3 is 2.07 bits per heavy atom. The Hall–Kier alpha value is -0.610. The van der Waals surface area contributed by atoms with E-state index in [0.29, 0.717) is 43.4 Å². The minimum absolute atomic E-state index is 0.00583. The number of epoxide rings is 2. The topological polar surface area (TPSA) is 51.4 Å². The molecule has 29 heavy (non-hydrogen) atoms. The molecule has 0 radical (unpaired) electrons. The van der Waals surface area contributed by atoms with Crippen molar-refractivity contribution < 1.29 is 19.0 Å². The van der Waals surface area contributed by atoms with Crippen molar-refractivity contribution in [2.24, 2.45) is 5.92 Å². The average molecular weight is 411 g/mol. The standard InChI is InChI=1S/C25H46O4/c1-4-7-14-20(6-3)19-27-25(26)17-13-11-9-10-12-16-22-24(29-22)18-23-21(28-23)15-8-5-2/h20-24H,4-19H2,1-3H3. The van der Waals surface area contributed by atoms with E-state index in [0.717, 1.165) is 25.7 Å². The Balaban J connectivity index is 1.35. The summed E-state index contributed by atoms with van der Waals surface area (Å²) in [6, 6.07) is 0. The van der Waals surface area contributed by atoms with Crippen LogP contribution in [0.4, 0.5) is 0 Å². The highest BCUT2D eigenvalue weighted by Gasteiger charge is 2.47. The van der Waals surface area contributed by atoms with Crippen molar-refractivity contribution in [1.82, 2.24) is 0 Å². The van der Waals surface area contributed by atoms with Gasteiger partial charge in [-0.15, -0.1) is 0 Å². The summed E-state index contributed by atoms with van der Waals surface area (Å²) in [5.41, 5.74) is 0. The zero-order chi connectivity index (χ0) is 20.9. The number of carbonyl (C=O) groups excluding carboxylic acids is 1. The third kappa shape index (κ3) is 10.8. The van der Waals surface area contributed by atoms with Crippen LogP contribution >= 0.6 is 0 Å². The molecule has 2 saturated heterocycles. The van der Waals surface area contributed by atoms with E-state index in [1.54, 1.807) is 0 Å². The molecule has 0 aromatic rings. The molecule has 2 fully saturated rings. The number of hydrogen-bond donors (Lipinski definition) is 0. The molecular formula is C25H46O4. The van der Waals surface area contributed by atoms with Crippen LogP contribution in [-0.4, -0.2) is 37.0 Å². The van der Waals surface area contributed by atoms with Crippen molar-refractivity contribution >= 4 is 5.97 Å². The molecule has 0 bridgehead atoms. The summed E-state index contributed by atoms with van der Waals surface area (Å²) in [4.78, 5) is 11.9. The Bertz CT molecular complexity index is 439. The Kier molecular flexibility index (Phi) is 12.2. The maximum absolute atomic E-state index is 11.9. The molecule has 0 saturated carbocycles. The highest BCUT2D eigenvalue weighted by Crippen LogP contribution is 2.39. The van der Waals surface area contributed by atoms with Gasteiger partial charge in [0.15, 0.2) is 0 Å². The van der Waals surface area contributed by atoms with E-state index in [-0.39, 0.29) is 5.97 Å². The van der Waals surface area contributed by atoms with Crippen LogP contribution < -0.4 is 0 Å². The third-order valence-electron chi connectivity index (χ3n) is 6.57. The van der Waals surface area contributed by atoms with E-state index in [1.165, 1.54) is 64.2 Å². The van der Waals surface area contributed by atoms with E-state index in [4.69, 9.17) is 14.2 Å². The van der Waals surface area contributed by atoms with Gasteiger partial charge in [0.2, 0.25) is 0 Å². The fraction of sp³-hybridized carbons (Fsp3) is 0.960. The SMILES string of the molecule is CCCCC(CC)COC(=O)CCCCCCCC1OC1CC1OC1CCCC. The molecule has 4 heteroatoms. The van der Waals surface area contributed by atoms with Crippen LogP contribution in [-0.2, 0) is 19.0 Å². The van der Waals surface area contributed by atoms with E-state index >= 15 is 0 Å². The van der Waals surface area contributed by atoms with E-state index in [1.807, 2.05) is 0 Å². The highest BCUT2D eigenvalue weighted by atomic mass is 16.6. The normalized spacial score (nSPS) is 26.3. The first-order valence-corrected chi connectivity index (χ1v) is 12.6. The molecule has 0 amide bonds. The lowest BCUT2D eigenvalue weighted by molar-refractivity contribution is -0.145. The van der Waals surface area contributed by atoms with Crippen LogP contribution in [0.3, 0.4) is 0 Å². The lowest BCUT2D eigenvalue weighted by Crippen LogP contribution is -2.13. The van der Waals surface area contributed by atoms with Gasteiger partial charge in [0.05, 0.1) is 31.0 Å². The Morgan fingerprint density at radius 2 is 1.41 bits per heavy atom. The van der Waals surface area contributed by atoms with Gasteiger partial charge in [0.1, 0.15) is 0 Å². The second-order valence-corrected chi connectivity index (χ2v) is 9.21. The molecular weight excluding hydrogens is 364 g/mol. The minimum atomic E-state index is -0.00583. The number of rotatable bonds is 19. The van der Waals surface area contributed by atoms with E-state index in [9.17, 15) is 4.79 Å². The second kappa shape index (κ2) is 14.4. The van der Waals surface area contributed by atoms with Crippen molar-refractivity contribution in [3.63, 3.8) is 0 Å². The minimum Gasteiger partial charge on any atom is -0.465 e. The summed E-state index contributed by atoms with van der Waals surface area (Å²) in [7, 11) is 0. The van der Waals surface area contributed by atoms with Crippen LogP contribution in [0, 0.1) is 5.92 Å². The van der Waals surface area contributed by atoms with Gasteiger partial charge >= 0.3 is 5.97 Å². The number of unbranched alkanes of at least 4 members (excludes halogenated alkanes) is 6. The van der Waals surface area contributed by atoms with Gasteiger partial charge < -0.3 is 14.2 Å². The third-order valence-corrected chi connectivity index (χ3v) is 6.57. The van der Waals surface area contributed by atoms with Crippen molar-refractivity contribution in [3.8, 4) is 0 Å². The van der Waals surface area contributed by atoms with Gasteiger partial charge in [-0.2, -0.15) is 0 Å². The molecule has 170 valence electrons. The molecule has 0 spiro atoms. The van der Waals surface area contributed by atoms with E-state index in [2.05, 4.69) is 20.8 Å². The molecule has 4 nitrogen and oxygen atoms in total. The molecule has 5 unspecified atom stereocenters. The molecule has 0 aromatic heterocycles. The number of hydrogen-bond acceptors (Lipinski definition) is 4. The monoisotopic (exact) mass is 410 g/mol. The lowest BCUT2D eigenvalue weighted by Gasteiger charge is -2.14. The van der Waals surface area contributed by atoms with Gasteiger partial charge in [0.25, 0.3) is 0 Å². The number of carbonyl (C=O) groups is 1. The predicted molar refractivity (Wildman–Crippen MR) is 118 cm³/mol. The molecule has 2 aliphatic rings. The van der Waals surface area contributed by atoms with Crippen molar-refractivity contribution in [1.29, 1.82) is 0 Å². The quantitative estimate of drug-likeness (QED) is 0.137. The molecule has 2 rings (SSSR count). The molecule has 0 aromatic carbocycles. The number of esters is 1. The van der Waals surface area contributed by atoms with Crippen LogP contribution in [0.1, 0.15) is 117 Å². The zero-order valence-electron chi connectivity index (χ0n) is 19.3. The highest BCUT2D eigenvalue weighted by molar-refractivity contribution is 5.69. The summed E-state index contributed by atoms with van der Waals surface area (Å²) in [6.45, 7) is 7.25. The molecule has 0 N–H and O–H groups in total. The van der Waals surface area contributed by atoms with Gasteiger partial charge in [0, 0.05) is 12.8 Å². The summed E-state index contributed by atoms with van der Waals surface area (Å²) < 4.78 is 17.0. The van der Waals surface area contributed by atoms with E-state index < -0.39 is 0 Å². The molecule has 2 aliphatic heterocycles. The van der Waals surface area contributed by atoms with Gasteiger partial charge in [-0.3, -0.25) is 4.79 Å². The fourth-order valence-corrected chi connectivity index (χ4v) is 4.24. The Labute approximate surface area is 179 Å². The van der Waals surface area contributed by atoms with Crippen molar-refractivity contribution in [2.75, 3.05) is 6.61 Å². The largest absolute Gasteiger partial charge is 0.465 e. The van der Waals surface area contributed by atoms with Gasteiger partial charge in [-0.05, 0) is 31.6 Å².